The van der Waals surface area contributed by atoms with E-state index < -0.39 is 12.1 Å². The number of carboxylic acid groups (broad SMARTS) is 1. The van der Waals surface area contributed by atoms with Crippen LogP contribution in [0.2, 0.25) is 0 Å². The zero-order valence-corrected chi connectivity index (χ0v) is 7.43. The molecular formula is C7H12F2N2O3. The van der Waals surface area contributed by atoms with Crippen molar-refractivity contribution in [2.24, 2.45) is 0 Å². The van der Waals surface area contributed by atoms with Crippen LogP contribution in [0, 0.1) is 0 Å². The van der Waals surface area contributed by atoms with E-state index in [2.05, 4.69) is 10.2 Å². The third-order valence-electron chi connectivity index (χ3n) is 1.90. The number of hydroxylamine groups is 1. The monoisotopic (exact) mass is 210 g/mol. The van der Waals surface area contributed by atoms with Crippen LogP contribution in [-0.2, 0) is 9.63 Å². The van der Waals surface area contributed by atoms with Gasteiger partial charge in [0, 0.05) is 12.6 Å². The largest absolute Gasteiger partial charge is 0.475 e. The number of rotatable bonds is 4. The van der Waals surface area contributed by atoms with Crippen molar-refractivity contribution < 1.29 is 23.5 Å². The Kier molecular flexibility index (Phi) is 3.73. The first-order chi connectivity index (χ1) is 6.52. The van der Waals surface area contributed by atoms with E-state index in [9.17, 15) is 13.6 Å². The first kappa shape index (κ1) is 11.3. The van der Waals surface area contributed by atoms with Gasteiger partial charge in [0.25, 0.3) is 0 Å². The Morgan fingerprint density at radius 3 is 2.86 bits per heavy atom. The van der Waals surface area contributed by atoms with E-state index in [-0.39, 0.29) is 6.04 Å². The SMILES string of the molecule is O=C(O)C(F)(F)ONC1CCCNC1. The van der Waals surface area contributed by atoms with E-state index in [0.717, 1.165) is 13.0 Å². The topological polar surface area (TPSA) is 70.6 Å². The minimum Gasteiger partial charge on any atom is -0.475 e. The molecule has 0 spiro atoms. The molecule has 0 saturated carbocycles. The lowest BCUT2D eigenvalue weighted by Crippen LogP contribution is -2.47. The van der Waals surface area contributed by atoms with Gasteiger partial charge in [0.2, 0.25) is 0 Å². The van der Waals surface area contributed by atoms with Crippen molar-refractivity contribution in [2.45, 2.75) is 25.0 Å². The van der Waals surface area contributed by atoms with Crippen molar-refractivity contribution in [1.29, 1.82) is 0 Å². The van der Waals surface area contributed by atoms with Crippen LogP contribution in [0.3, 0.4) is 0 Å². The highest BCUT2D eigenvalue weighted by atomic mass is 19.3. The summed E-state index contributed by atoms with van der Waals surface area (Å²) in [5.74, 6) is -2.30. The lowest BCUT2D eigenvalue weighted by molar-refractivity contribution is -0.274. The second-order valence-electron chi connectivity index (χ2n) is 3.09. The molecular weight excluding hydrogens is 198 g/mol. The van der Waals surface area contributed by atoms with E-state index in [1.165, 1.54) is 0 Å². The number of hydrogen-bond donors (Lipinski definition) is 3. The second kappa shape index (κ2) is 4.63. The average Bonchev–Trinajstić information content (AvgIpc) is 2.16. The number of alkyl halides is 2. The van der Waals surface area contributed by atoms with Crippen molar-refractivity contribution in [3.63, 3.8) is 0 Å². The Morgan fingerprint density at radius 2 is 2.36 bits per heavy atom. The van der Waals surface area contributed by atoms with Crippen LogP contribution < -0.4 is 10.8 Å². The molecule has 0 aromatic rings. The third kappa shape index (κ3) is 3.17. The van der Waals surface area contributed by atoms with Gasteiger partial charge in [-0.1, -0.05) is 0 Å². The van der Waals surface area contributed by atoms with Gasteiger partial charge < -0.3 is 10.4 Å². The zero-order chi connectivity index (χ0) is 10.6. The van der Waals surface area contributed by atoms with Crippen molar-refractivity contribution in [1.82, 2.24) is 10.8 Å². The van der Waals surface area contributed by atoms with Gasteiger partial charge >= 0.3 is 12.1 Å². The fraction of sp³-hybridized carbons (Fsp3) is 0.857. The fourth-order valence-corrected chi connectivity index (χ4v) is 1.15. The summed E-state index contributed by atoms with van der Waals surface area (Å²) in [4.78, 5) is 13.8. The van der Waals surface area contributed by atoms with Crippen LogP contribution in [0.25, 0.3) is 0 Å². The Hall–Kier alpha value is -0.790. The molecule has 1 aliphatic heterocycles. The van der Waals surface area contributed by atoms with E-state index in [1.807, 2.05) is 5.48 Å². The second-order valence-corrected chi connectivity index (χ2v) is 3.09. The lowest BCUT2D eigenvalue weighted by atomic mass is 10.1. The van der Waals surface area contributed by atoms with Crippen LogP contribution in [-0.4, -0.2) is 36.3 Å². The molecule has 5 nitrogen and oxygen atoms in total. The highest BCUT2D eigenvalue weighted by Crippen LogP contribution is 2.14. The van der Waals surface area contributed by atoms with Gasteiger partial charge in [-0.25, -0.2) is 9.63 Å². The highest BCUT2D eigenvalue weighted by Gasteiger charge is 2.41. The normalized spacial score (nSPS) is 23.4. The molecule has 0 radical (unpaired) electrons. The Morgan fingerprint density at radius 1 is 1.64 bits per heavy atom. The molecule has 1 saturated heterocycles. The average molecular weight is 210 g/mol. The molecule has 1 aliphatic rings. The summed E-state index contributed by atoms with van der Waals surface area (Å²) in [7, 11) is 0. The maximum absolute atomic E-state index is 12.4. The van der Waals surface area contributed by atoms with Gasteiger partial charge in [-0.05, 0) is 19.4 Å². The molecule has 1 fully saturated rings. The molecule has 14 heavy (non-hydrogen) atoms. The summed E-state index contributed by atoms with van der Waals surface area (Å²) in [6, 6.07) is -0.269. The molecule has 1 atom stereocenters. The first-order valence-electron chi connectivity index (χ1n) is 4.28. The molecule has 0 bridgehead atoms. The van der Waals surface area contributed by atoms with Crippen LogP contribution >= 0.6 is 0 Å². The van der Waals surface area contributed by atoms with Crippen molar-refractivity contribution in [2.75, 3.05) is 13.1 Å². The fourth-order valence-electron chi connectivity index (χ4n) is 1.15. The number of carboxylic acids is 1. The van der Waals surface area contributed by atoms with Crippen LogP contribution in [0.15, 0.2) is 0 Å². The van der Waals surface area contributed by atoms with Crippen molar-refractivity contribution >= 4 is 5.97 Å². The standard InChI is InChI=1S/C7H12F2N2O3/c8-7(9,6(12)13)14-11-5-2-1-3-10-4-5/h5,10-11H,1-4H2,(H,12,13). The molecule has 82 valence electrons. The minimum atomic E-state index is -4.17. The van der Waals surface area contributed by atoms with E-state index >= 15 is 0 Å². The summed E-state index contributed by atoms with van der Waals surface area (Å²) >= 11 is 0. The van der Waals surface area contributed by atoms with Gasteiger partial charge in [0.1, 0.15) is 0 Å². The molecule has 7 heteroatoms. The maximum Gasteiger partial charge on any atom is 0.471 e. The summed E-state index contributed by atoms with van der Waals surface area (Å²) in [5.41, 5.74) is 2.05. The van der Waals surface area contributed by atoms with E-state index in [1.54, 1.807) is 0 Å². The molecule has 0 amide bonds. The van der Waals surface area contributed by atoms with E-state index in [0.29, 0.717) is 13.0 Å². The highest BCUT2D eigenvalue weighted by molar-refractivity contribution is 5.73. The quantitative estimate of drug-likeness (QED) is 0.567. The summed E-state index contributed by atoms with van der Waals surface area (Å²) in [5, 5.41) is 11.0. The molecule has 1 unspecified atom stereocenters. The number of carbonyl (C=O) groups is 1. The number of halogens is 2. The number of aliphatic carboxylic acids is 1. The third-order valence-corrected chi connectivity index (χ3v) is 1.90. The Bertz CT molecular complexity index is 207. The molecule has 0 aliphatic carbocycles. The molecule has 0 aromatic heterocycles. The summed E-state index contributed by atoms with van der Waals surface area (Å²) in [6.45, 7) is 1.34. The Balaban J connectivity index is 2.28. The lowest BCUT2D eigenvalue weighted by Gasteiger charge is -2.24. The first-order valence-corrected chi connectivity index (χ1v) is 4.28. The van der Waals surface area contributed by atoms with Gasteiger partial charge in [-0.2, -0.15) is 14.3 Å². The van der Waals surface area contributed by atoms with E-state index in [4.69, 9.17) is 5.11 Å². The number of hydrogen-bond acceptors (Lipinski definition) is 4. The van der Waals surface area contributed by atoms with Crippen molar-refractivity contribution in [3.8, 4) is 0 Å². The van der Waals surface area contributed by atoms with Crippen LogP contribution in [0.5, 0.6) is 0 Å². The van der Waals surface area contributed by atoms with Crippen molar-refractivity contribution in [3.05, 3.63) is 0 Å². The van der Waals surface area contributed by atoms with Gasteiger partial charge in [0.05, 0.1) is 0 Å². The minimum absolute atomic E-state index is 0.269. The van der Waals surface area contributed by atoms with Gasteiger partial charge in [0.15, 0.2) is 0 Å². The summed E-state index contributed by atoms with van der Waals surface area (Å²) < 4.78 is 24.8. The molecule has 1 rings (SSSR count). The summed E-state index contributed by atoms with van der Waals surface area (Å²) in [6.07, 6.45) is -2.64. The number of nitrogens with one attached hydrogen (secondary N) is 2. The van der Waals surface area contributed by atoms with Crippen LogP contribution in [0.4, 0.5) is 8.78 Å². The molecule has 0 aromatic carbocycles. The van der Waals surface area contributed by atoms with Gasteiger partial charge in [-0.15, -0.1) is 0 Å². The smallest absolute Gasteiger partial charge is 0.471 e. The maximum atomic E-state index is 12.4. The molecule has 3 N–H and O–H groups in total. The Labute approximate surface area is 79.4 Å². The predicted octanol–water partition coefficient (Wildman–Crippen LogP) is -0.0630. The van der Waals surface area contributed by atoms with Crippen LogP contribution in [0.1, 0.15) is 12.8 Å². The zero-order valence-electron chi connectivity index (χ0n) is 7.43. The number of piperidine rings is 1. The molecule has 1 heterocycles. The predicted molar refractivity (Wildman–Crippen MR) is 42.7 cm³/mol. The van der Waals surface area contributed by atoms with Gasteiger partial charge in [-0.3, -0.25) is 0 Å².